The van der Waals surface area contributed by atoms with Crippen molar-refractivity contribution in [1.82, 2.24) is 15.2 Å². The fourth-order valence-electron chi connectivity index (χ4n) is 3.22. The van der Waals surface area contributed by atoms with Gasteiger partial charge in [0.2, 0.25) is 5.88 Å². The molecule has 0 amide bonds. The minimum Gasteiger partial charge on any atom is -0.439 e. The predicted octanol–water partition coefficient (Wildman–Crippen LogP) is 3.45. The van der Waals surface area contributed by atoms with Gasteiger partial charge in [-0.2, -0.15) is 0 Å². The molecule has 7 heteroatoms. The molecule has 0 aliphatic carbocycles. The van der Waals surface area contributed by atoms with E-state index in [4.69, 9.17) is 14.5 Å². The normalized spacial score (nSPS) is 17.0. The number of likely N-dealkylation sites (tertiary alicyclic amines) is 1. The highest BCUT2D eigenvalue weighted by atomic mass is 19.1. The quantitative estimate of drug-likeness (QED) is 0.583. The van der Waals surface area contributed by atoms with Crippen molar-refractivity contribution < 1.29 is 13.9 Å². The van der Waals surface area contributed by atoms with Crippen LogP contribution in [0.1, 0.15) is 18.9 Å². The lowest BCUT2D eigenvalue weighted by Crippen LogP contribution is -2.40. The number of nitrogens with one attached hydrogen (secondary N) is 1. The molecular weight excluding hydrogens is 359 g/mol. The van der Waals surface area contributed by atoms with Crippen molar-refractivity contribution in [2.24, 2.45) is 10.9 Å². The van der Waals surface area contributed by atoms with Crippen LogP contribution >= 0.6 is 0 Å². The van der Waals surface area contributed by atoms with Gasteiger partial charge in [0, 0.05) is 44.9 Å². The number of hydrogen-bond donors (Lipinski definition) is 1. The van der Waals surface area contributed by atoms with Gasteiger partial charge in [0.15, 0.2) is 5.96 Å². The SMILES string of the molecule is CCNC(=NCc1ccnc(Oc2ccc(F)cc2)c1)N1CCC(COC)C1. The molecule has 1 aliphatic rings. The summed E-state index contributed by atoms with van der Waals surface area (Å²) in [7, 11) is 1.75. The fourth-order valence-corrected chi connectivity index (χ4v) is 3.22. The number of halogens is 1. The first-order valence-corrected chi connectivity index (χ1v) is 9.58. The van der Waals surface area contributed by atoms with E-state index in [1.807, 2.05) is 12.1 Å². The highest BCUT2D eigenvalue weighted by Crippen LogP contribution is 2.21. The Morgan fingerprint density at radius 1 is 1.32 bits per heavy atom. The van der Waals surface area contributed by atoms with Crippen molar-refractivity contribution in [3.63, 3.8) is 0 Å². The maximum atomic E-state index is 13.0. The van der Waals surface area contributed by atoms with E-state index < -0.39 is 0 Å². The Labute approximate surface area is 165 Å². The van der Waals surface area contributed by atoms with E-state index in [1.165, 1.54) is 12.1 Å². The van der Waals surface area contributed by atoms with Crippen LogP contribution in [-0.2, 0) is 11.3 Å². The second-order valence-corrected chi connectivity index (χ2v) is 6.78. The number of methoxy groups -OCH3 is 1. The molecule has 150 valence electrons. The maximum Gasteiger partial charge on any atom is 0.219 e. The molecule has 1 aromatic heterocycles. The fraction of sp³-hybridized carbons (Fsp3) is 0.429. The molecule has 0 spiro atoms. The topological polar surface area (TPSA) is 59.0 Å². The Balaban J connectivity index is 1.65. The number of benzene rings is 1. The second kappa shape index (κ2) is 10.0. The number of hydrogen-bond acceptors (Lipinski definition) is 4. The molecule has 1 atom stereocenters. The summed E-state index contributed by atoms with van der Waals surface area (Å²) in [4.78, 5) is 11.3. The number of rotatable bonds is 7. The van der Waals surface area contributed by atoms with E-state index in [2.05, 4.69) is 22.1 Å². The number of ether oxygens (including phenoxy) is 2. The van der Waals surface area contributed by atoms with Gasteiger partial charge in [0.25, 0.3) is 0 Å². The predicted molar refractivity (Wildman–Crippen MR) is 107 cm³/mol. The van der Waals surface area contributed by atoms with Crippen LogP contribution in [0, 0.1) is 11.7 Å². The van der Waals surface area contributed by atoms with Crippen molar-refractivity contribution in [2.75, 3.05) is 33.4 Å². The average molecular weight is 386 g/mol. The highest BCUT2D eigenvalue weighted by molar-refractivity contribution is 5.80. The largest absolute Gasteiger partial charge is 0.439 e. The van der Waals surface area contributed by atoms with Crippen LogP contribution in [-0.4, -0.2) is 49.2 Å². The summed E-state index contributed by atoms with van der Waals surface area (Å²) in [5.41, 5.74) is 0.996. The van der Waals surface area contributed by atoms with Crippen molar-refractivity contribution in [3.8, 4) is 11.6 Å². The van der Waals surface area contributed by atoms with E-state index in [0.717, 1.165) is 44.2 Å². The number of nitrogens with zero attached hydrogens (tertiary/aromatic N) is 3. The van der Waals surface area contributed by atoms with E-state index in [1.54, 1.807) is 25.4 Å². The summed E-state index contributed by atoms with van der Waals surface area (Å²) in [6.07, 6.45) is 2.81. The first-order valence-electron chi connectivity index (χ1n) is 9.58. The lowest BCUT2D eigenvalue weighted by Gasteiger charge is -2.21. The number of pyridine rings is 1. The van der Waals surface area contributed by atoms with Gasteiger partial charge >= 0.3 is 0 Å². The Morgan fingerprint density at radius 2 is 2.14 bits per heavy atom. The lowest BCUT2D eigenvalue weighted by atomic mass is 10.1. The Morgan fingerprint density at radius 3 is 2.89 bits per heavy atom. The van der Waals surface area contributed by atoms with Crippen molar-refractivity contribution in [1.29, 1.82) is 0 Å². The maximum absolute atomic E-state index is 13.0. The van der Waals surface area contributed by atoms with Crippen LogP contribution in [0.25, 0.3) is 0 Å². The Hall–Kier alpha value is -2.67. The smallest absolute Gasteiger partial charge is 0.219 e. The van der Waals surface area contributed by atoms with E-state index in [-0.39, 0.29) is 5.82 Å². The molecule has 2 aromatic rings. The summed E-state index contributed by atoms with van der Waals surface area (Å²) in [6, 6.07) is 9.65. The van der Waals surface area contributed by atoms with Gasteiger partial charge in [0.05, 0.1) is 13.2 Å². The van der Waals surface area contributed by atoms with Crippen molar-refractivity contribution in [3.05, 3.63) is 54.0 Å². The molecule has 1 aromatic carbocycles. The van der Waals surface area contributed by atoms with Gasteiger partial charge in [-0.05, 0) is 49.2 Å². The minimum absolute atomic E-state index is 0.297. The monoisotopic (exact) mass is 386 g/mol. The molecule has 1 aliphatic heterocycles. The molecule has 2 heterocycles. The van der Waals surface area contributed by atoms with Crippen LogP contribution < -0.4 is 10.1 Å². The van der Waals surface area contributed by atoms with Gasteiger partial charge in [-0.1, -0.05) is 0 Å². The van der Waals surface area contributed by atoms with Gasteiger partial charge in [-0.25, -0.2) is 14.4 Å². The van der Waals surface area contributed by atoms with Crippen molar-refractivity contribution in [2.45, 2.75) is 19.9 Å². The van der Waals surface area contributed by atoms with Gasteiger partial charge in [-0.15, -0.1) is 0 Å². The number of aliphatic imine (C=N–C) groups is 1. The molecule has 0 saturated carbocycles. The van der Waals surface area contributed by atoms with Crippen LogP contribution in [0.4, 0.5) is 4.39 Å². The number of aromatic nitrogens is 1. The Kier molecular flexibility index (Phi) is 7.19. The minimum atomic E-state index is -0.297. The second-order valence-electron chi connectivity index (χ2n) is 6.78. The highest BCUT2D eigenvalue weighted by Gasteiger charge is 2.24. The molecule has 3 rings (SSSR count). The average Bonchev–Trinajstić information content (AvgIpc) is 3.16. The molecule has 1 fully saturated rings. The lowest BCUT2D eigenvalue weighted by molar-refractivity contribution is 0.157. The summed E-state index contributed by atoms with van der Waals surface area (Å²) < 4.78 is 24.0. The van der Waals surface area contributed by atoms with E-state index in [0.29, 0.717) is 24.1 Å². The zero-order valence-electron chi connectivity index (χ0n) is 16.4. The van der Waals surface area contributed by atoms with Crippen molar-refractivity contribution >= 4 is 5.96 Å². The van der Waals surface area contributed by atoms with Crippen LogP contribution in [0.3, 0.4) is 0 Å². The van der Waals surface area contributed by atoms with Gasteiger partial charge in [0.1, 0.15) is 11.6 Å². The first kappa shape index (κ1) is 20.1. The van der Waals surface area contributed by atoms with E-state index in [9.17, 15) is 4.39 Å². The third kappa shape index (κ3) is 5.66. The third-order valence-electron chi connectivity index (χ3n) is 4.57. The molecule has 1 unspecified atom stereocenters. The Bertz CT molecular complexity index is 782. The summed E-state index contributed by atoms with van der Waals surface area (Å²) in [5, 5.41) is 3.37. The van der Waals surface area contributed by atoms with Gasteiger partial charge < -0.3 is 19.7 Å². The molecular formula is C21H27FN4O2. The first-order chi connectivity index (χ1) is 13.7. The van der Waals surface area contributed by atoms with E-state index >= 15 is 0 Å². The summed E-state index contributed by atoms with van der Waals surface area (Å²) in [6.45, 7) is 6.13. The summed E-state index contributed by atoms with van der Waals surface area (Å²) >= 11 is 0. The third-order valence-corrected chi connectivity index (χ3v) is 4.57. The molecule has 6 nitrogen and oxygen atoms in total. The summed E-state index contributed by atoms with van der Waals surface area (Å²) in [5.74, 6) is 2.17. The number of guanidine groups is 1. The zero-order chi connectivity index (χ0) is 19.8. The zero-order valence-corrected chi connectivity index (χ0v) is 16.4. The molecule has 0 radical (unpaired) electrons. The molecule has 1 N–H and O–H groups in total. The van der Waals surface area contributed by atoms with Crippen LogP contribution in [0.15, 0.2) is 47.6 Å². The molecule has 0 bridgehead atoms. The van der Waals surface area contributed by atoms with Crippen LogP contribution in [0.2, 0.25) is 0 Å². The van der Waals surface area contributed by atoms with Crippen LogP contribution in [0.5, 0.6) is 11.6 Å². The standard InChI is InChI=1S/C21H27FN4O2/c1-3-23-21(26-11-9-17(14-26)15-27-2)25-13-16-8-10-24-20(12-16)28-19-6-4-18(22)5-7-19/h4-8,10,12,17H,3,9,11,13-15H2,1-2H3,(H,23,25). The molecule has 28 heavy (non-hydrogen) atoms. The van der Waals surface area contributed by atoms with Gasteiger partial charge in [-0.3, -0.25) is 0 Å². The molecule has 1 saturated heterocycles.